The molecule has 0 radical (unpaired) electrons. The molecule has 1 aliphatic rings. The van der Waals surface area contributed by atoms with Crippen LogP contribution in [0.1, 0.15) is 18.7 Å². The van der Waals surface area contributed by atoms with Crippen molar-refractivity contribution < 1.29 is 5.11 Å². The molecule has 0 unspecified atom stereocenters. The van der Waals surface area contributed by atoms with Crippen LogP contribution in [-0.4, -0.2) is 49.9 Å². The molecule has 1 N–H and O–H groups in total. The van der Waals surface area contributed by atoms with Gasteiger partial charge < -0.3 is 5.11 Å². The Bertz CT molecular complexity index is 305. The zero-order chi connectivity index (χ0) is 10.7. The maximum Gasteiger partial charge on any atom is 0.188 e. The Kier molecular flexibility index (Phi) is 3.27. The van der Waals surface area contributed by atoms with Gasteiger partial charge in [0.1, 0.15) is 0 Å². The zero-order valence-electron chi connectivity index (χ0n) is 9.00. The molecular weight excluding hydrogens is 194 g/mol. The van der Waals surface area contributed by atoms with Gasteiger partial charge in [0.2, 0.25) is 0 Å². The van der Waals surface area contributed by atoms with Gasteiger partial charge in [-0.1, -0.05) is 0 Å². The van der Waals surface area contributed by atoms with Crippen molar-refractivity contribution in [2.45, 2.75) is 19.4 Å². The molecule has 0 bridgehead atoms. The minimum absolute atomic E-state index is 0.317. The molecule has 0 atom stereocenters. The van der Waals surface area contributed by atoms with Crippen LogP contribution in [0.15, 0.2) is 0 Å². The summed E-state index contributed by atoms with van der Waals surface area (Å²) in [4.78, 5) is 3.79. The van der Waals surface area contributed by atoms with Crippen molar-refractivity contribution in [3.63, 3.8) is 0 Å². The second kappa shape index (κ2) is 4.67. The largest absolute Gasteiger partial charge is 0.396 e. The summed E-state index contributed by atoms with van der Waals surface area (Å²) in [5.41, 5.74) is 0. The SMILES string of the molecule is Cn1nnc(CN2CCC(CO)CC2)n1. The van der Waals surface area contributed by atoms with Crippen LogP contribution in [0.5, 0.6) is 0 Å². The average Bonchev–Trinajstić information content (AvgIpc) is 2.65. The second-order valence-corrected chi connectivity index (χ2v) is 4.10. The summed E-state index contributed by atoms with van der Waals surface area (Å²) in [6.07, 6.45) is 2.13. The lowest BCUT2D eigenvalue weighted by atomic mass is 9.98. The predicted molar refractivity (Wildman–Crippen MR) is 53.9 cm³/mol. The van der Waals surface area contributed by atoms with Crippen molar-refractivity contribution in [3.8, 4) is 0 Å². The van der Waals surface area contributed by atoms with Crippen LogP contribution in [0.4, 0.5) is 0 Å². The van der Waals surface area contributed by atoms with E-state index in [1.807, 2.05) is 0 Å². The van der Waals surface area contributed by atoms with E-state index in [2.05, 4.69) is 20.3 Å². The van der Waals surface area contributed by atoms with Gasteiger partial charge >= 0.3 is 0 Å². The number of hydrogen-bond acceptors (Lipinski definition) is 5. The van der Waals surface area contributed by atoms with Gasteiger partial charge in [-0.2, -0.15) is 4.80 Å². The number of hydrogen-bond donors (Lipinski definition) is 1. The van der Waals surface area contributed by atoms with Crippen LogP contribution in [0.2, 0.25) is 0 Å². The smallest absolute Gasteiger partial charge is 0.188 e. The van der Waals surface area contributed by atoms with Crippen molar-refractivity contribution in [2.75, 3.05) is 19.7 Å². The molecule has 2 rings (SSSR count). The molecule has 1 aliphatic heterocycles. The quantitative estimate of drug-likeness (QED) is 0.724. The molecular formula is C9H17N5O. The van der Waals surface area contributed by atoms with Crippen LogP contribution in [0, 0.1) is 5.92 Å². The fourth-order valence-electron chi connectivity index (χ4n) is 1.91. The minimum Gasteiger partial charge on any atom is -0.396 e. The van der Waals surface area contributed by atoms with Gasteiger partial charge in [-0.3, -0.25) is 4.90 Å². The number of piperidine rings is 1. The number of likely N-dealkylation sites (tertiary alicyclic amines) is 1. The van der Waals surface area contributed by atoms with Gasteiger partial charge in [-0.15, -0.1) is 10.2 Å². The highest BCUT2D eigenvalue weighted by atomic mass is 16.3. The third-order valence-corrected chi connectivity index (χ3v) is 2.88. The van der Waals surface area contributed by atoms with E-state index in [1.165, 1.54) is 4.80 Å². The molecule has 0 aliphatic carbocycles. The first kappa shape index (κ1) is 10.5. The molecule has 0 saturated carbocycles. The molecule has 1 fully saturated rings. The first-order valence-corrected chi connectivity index (χ1v) is 5.34. The van der Waals surface area contributed by atoms with Crippen molar-refractivity contribution in [2.24, 2.45) is 13.0 Å². The fraction of sp³-hybridized carbons (Fsp3) is 0.889. The molecule has 2 heterocycles. The Balaban J connectivity index is 1.82. The van der Waals surface area contributed by atoms with E-state index in [0.29, 0.717) is 12.5 Å². The van der Waals surface area contributed by atoms with Gasteiger partial charge in [-0.05, 0) is 37.1 Å². The Morgan fingerprint density at radius 3 is 2.67 bits per heavy atom. The normalized spacial score (nSPS) is 19.6. The van der Waals surface area contributed by atoms with E-state index in [0.717, 1.165) is 38.3 Å². The lowest BCUT2D eigenvalue weighted by Crippen LogP contribution is -2.34. The van der Waals surface area contributed by atoms with E-state index in [9.17, 15) is 0 Å². The number of aromatic nitrogens is 4. The van der Waals surface area contributed by atoms with E-state index in [-0.39, 0.29) is 0 Å². The van der Waals surface area contributed by atoms with E-state index < -0.39 is 0 Å². The first-order chi connectivity index (χ1) is 7.28. The Labute approximate surface area is 88.9 Å². The van der Waals surface area contributed by atoms with E-state index in [4.69, 9.17) is 5.11 Å². The van der Waals surface area contributed by atoms with Crippen molar-refractivity contribution in [1.29, 1.82) is 0 Å². The average molecular weight is 211 g/mol. The van der Waals surface area contributed by atoms with E-state index in [1.54, 1.807) is 7.05 Å². The van der Waals surface area contributed by atoms with Gasteiger partial charge in [0.25, 0.3) is 0 Å². The second-order valence-electron chi connectivity index (χ2n) is 4.10. The summed E-state index contributed by atoms with van der Waals surface area (Å²) in [6.45, 7) is 3.12. The third-order valence-electron chi connectivity index (χ3n) is 2.88. The Morgan fingerprint density at radius 2 is 2.13 bits per heavy atom. The predicted octanol–water partition coefficient (Wildman–Crippen LogP) is -0.586. The maximum absolute atomic E-state index is 9.01. The van der Waals surface area contributed by atoms with Crippen molar-refractivity contribution >= 4 is 0 Å². The summed E-state index contributed by atoms with van der Waals surface area (Å²) >= 11 is 0. The molecule has 15 heavy (non-hydrogen) atoms. The molecule has 1 aromatic heterocycles. The molecule has 6 heteroatoms. The van der Waals surface area contributed by atoms with Gasteiger partial charge in [0.15, 0.2) is 5.82 Å². The third kappa shape index (κ3) is 2.73. The summed E-state index contributed by atoms with van der Waals surface area (Å²) in [5, 5.41) is 20.9. The minimum atomic E-state index is 0.317. The van der Waals surface area contributed by atoms with Crippen LogP contribution in [0.3, 0.4) is 0 Å². The fourth-order valence-corrected chi connectivity index (χ4v) is 1.91. The highest BCUT2D eigenvalue weighted by molar-refractivity contribution is 4.80. The van der Waals surface area contributed by atoms with Crippen molar-refractivity contribution in [1.82, 2.24) is 25.1 Å². The molecule has 1 saturated heterocycles. The summed E-state index contributed by atoms with van der Waals surface area (Å²) in [7, 11) is 1.77. The summed E-state index contributed by atoms with van der Waals surface area (Å²) in [6, 6.07) is 0. The number of aliphatic hydroxyl groups excluding tert-OH is 1. The lowest BCUT2D eigenvalue weighted by Gasteiger charge is -2.29. The molecule has 0 spiro atoms. The zero-order valence-corrected chi connectivity index (χ0v) is 9.00. The van der Waals surface area contributed by atoms with Crippen LogP contribution in [0.25, 0.3) is 0 Å². The number of nitrogens with zero attached hydrogens (tertiary/aromatic N) is 5. The molecule has 84 valence electrons. The van der Waals surface area contributed by atoms with Crippen LogP contribution in [-0.2, 0) is 13.6 Å². The number of rotatable bonds is 3. The maximum atomic E-state index is 9.01. The van der Waals surface area contributed by atoms with Gasteiger partial charge in [0.05, 0.1) is 13.6 Å². The number of tetrazole rings is 1. The highest BCUT2D eigenvalue weighted by Crippen LogP contribution is 2.17. The molecule has 6 nitrogen and oxygen atoms in total. The number of aliphatic hydroxyl groups is 1. The molecule has 1 aromatic rings. The first-order valence-electron chi connectivity index (χ1n) is 5.34. The number of aryl methyl sites for hydroxylation is 1. The van der Waals surface area contributed by atoms with E-state index >= 15 is 0 Å². The van der Waals surface area contributed by atoms with Crippen LogP contribution >= 0.6 is 0 Å². The van der Waals surface area contributed by atoms with Gasteiger partial charge in [-0.25, -0.2) is 0 Å². The van der Waals surface area contributed by atoms with Crippen molar-refractivity contribution in [3.05, 3.63) is 5.82 Å². The monoisotopic (exact) mass is 211 g/mol. The lowest BCUT2D eigenvalue weighted by molar-refractivity contribution is 0.125. The summed E-state index contributed by atoms with van der Waals surface area (Å²) in [5.74, 6) is 1.26. The summed E-state index contributed by atoms with van der Waals surface area (Å²) < 4.78 is 0. The molecule has 0 amide bonds. The Morgan fingerprint density at radius 1 is 1.40 bits per heavy atom. The topological polar surface area (TPSA) is 67.1 Å². The standard InChI is InChI=1S/C9H17N5O/c1-13-11-9(10-12-13)6-14-4-2-8(7-15)3-5-14/h8,15H,2-7H2,1H3. The highest BCUT2D eigenvalue weighted by Gasteiger charge is 2.19. The van der Waals surface area contributed by atoms with Crippen LogP contribution < -0.4 is 0 Å². The van der Waals surface area contributed by atoms with Gasteiger partial charge in [0, 0.05) is 6.61 Å². The Hall–Kier alpha value is -1.01. The molecule has 0 aromatic carbocycles.